The monoisotopic (exact) mass is 629 g/mol. The van der Waals surface area contributed by atoms with E-state index >= 15 is 0 Å². The Bertz CT molecular complexity index is 1480. The topological polar surface area (TPSA) is 86.8 Å². The Hall–Kier alpha value is -3.07. The van der Waals surface area contributed by atoms with E-state index in [1.165, 1.54) is 11.0 Å². The first-order valence-corrected chi connectivity index (χ1v) is 16.7. The molecule has 10 heteroatoms. The second-order valence-electron chi connectivity index (χ2n) is 10.9. The van der Waals surface area contributed by atoms with Crippen molar-refractivity contribution in [1.29, 1.82) is 0 Å². The lowest BCUT2D eigenvalue weighted by Crippen LogP contribution is -2.55. The Morgan fingerprint density at radius 2 is 1.55 bits per heavy atom. The number of halogens is 2. The van der Waals surface area contributed by atoms with Gasteiger partial charge in [0.25, 0.3) is 0 Å². The van der Waals surface area contributed by atoms with E-state index in [0.717, 1.165) is 53.8 Å². The second kappa shape index (κ2) is 14.4. The first-order valence-electron chi connectivity index (χ1n) is 14.1. The molecule has 1 N–H and O–H groups in total. The highest BCUT2D eigenvalue weighted by Gasteiger charge is 2.34. The van der Waals surface area contributed by atoms with E-state index < -0.39 is 28.5 Å². The van der Waals surface area contributed by atoms with Crippen molar-refractivity contribution in [3.63, 3.8) is 0 Å². The average Bonchev–Trinajstić information content (AvgIpc) is 2.96. The molecule has 0 spiro atoms. The van der Waals surface area contributed by atoms with Crippen LogP contribution >= 0.6 is 23.2 Å². The Morgan fingerprint density at radius 1 is 0.905 bits per heavy atom. The van der Waals surface area contributed by atoms with Crippen LogP contribution in [0.5, 0.6) is 0 Å². The molecule has 0 unspecified atom stereocenters. The van der Waals surface area contributed by atoms with Crippen LogP contribution in [0, 0.1) is 6.92 Å². The van der Waals surface area contributed by atoms with Crippen LogP contribution in [0.4, 0.5) is 5.69 Å². The zero-order chi connectivity index (χ0) is 30.3. The summed E-state index contributed by atoms with van der Waals surface area (Å²) in [5.41, 5.74) is 2.62. The third-order valence-corrected chi connectivity index (χ3v) is 9.22. The van der Waals surface area contributed by atoms with E-state index in [4.69, 9.17) is 23.2 Å². The van der Waals surface area contributed by atoms with Gasteiger partial charge in [0.15, 0.2) is 0 Å². The minimum Gasteiger partial charge on any atom is -0.352 e. The smallest absolute Gasteiger partial charge is 0.244 e. The first kappa shape index (κ1) is 31.9. The molecule has 2 amide bonds. The van der Waals surface area contributed by atoms with Crippen molar-refractivity contribution in [1.82, 2.24) is 10.2 Å². The van der Waals surface area contributed by atoms with Crippen molar-refractivity contribution in [3.8, 4) is 0 Å². The number of hydrogen-bond donors (Lipinski definition) is 1. The number of nitrogens with zero attached hydrogens (tertiary/aromatic N) is 2. The minimum absolute atomic E-state index is 0.0404. The SMILES string of the molecule is Cc1ccc(Cl)cc1N(CC(=O)N(Cc1ccc(Cl)cc1)[C@H](Cc1ccccc1)C(=O)NC1CCCCC1)S(C)(=O)=O. The van der Waals surface area contributed by atoms with Gasteiger partial charge in [-0.3, -0.25) is 13.9 Å². The molecule has 1 saturated carbocycles. The Kier molecular flexibility index (Phi) is 10.9. The molecule has 0 radical (unpaired) electrons. The van der Waals surface area contributed by atoms with Crippen molar-refractivity contribution < 1.29 is 18.0 Å². The molecule has 1 atom stereocenters. The summed E-state index contributed by atoms with van der Waals surface area (Å²) in [7, 11) is -3.88. The van der Waals surface area contributed by atoms with E-state index in [1.807, 2.05) is 30.3 Å². The molecule has 3 aromatic carbocycles. The summed E-state index contributed by atoms with van der Waals surface area (Å²) in [6.07, 6.45) is 6.35. The van der Waals surface area contributed by atoms with Gasteiger partial charge in [-0.2, -0.15) is 0 Å². The summed E-state index contributed by atoms with van der Waals surface area (Å²) in [5.74, 6) is -0.757. The number of aryl methyl sites for hydroxylation is 1. The number of anilines is 1. The van der Waals surface area contributed by atoms with E-state index in [1.54, 1.807) is 43.3 Å². The molecule has 1 fully saturated rings. The second-order valence-corrected chi connectivity index (χ2v) is 13.7. The van der Waals surface area contributed by atoms with Gasteiger partial charge in [0.1, 0.15) is 12.6 Å². The highest BCUT2D eigenvalue weighted by molar-refractivity contribution is 7.92. The number of carbonyl (C=O) groups is 2. The number of nitrogens with one attached hydrogen (secondary N) is 1. The summed E-state index contributed by atoms with van der Waals surface area (Å²) in [4.78, 5) is 29.7. The lowest BCUT2D eigenvalue weighted by molar-refractivity contribution is -0.140. The fraction of sp³-hybridized carbons (Fsp3) is 0.375. The van der Waals surface area contributed by atoms with Gasteiger partial charge in [-0.05, 0) is 60.7 Å². The minimum atomic E-state index is -3.88. The van der Waals surface area contributed by atoms with Crippen LogP contribution < -0.4 is 9.62 Å². The van der Waals surface area contributed by atoms with Crippen LogP contribution in [0.3, 0.4) is 0 Å². The molecule has 1 aliphatic carbocycles. The normalized spacial score (nSPS) is 14.7. The van der Waals surface area contributed by atoms with Crippen LogP contribution in [-0.2, 0) is 32.6 Å². The maximum Gasteiger partial charge on any atom is 0.244 e. The third-order valence-electron chi connectivity index (χ3n) is 7.61. The number of amides is 2. The Balaban J connectivity index is 1.73. The van der Waals surface area contributed by atoms with Gasteiger partial charge in [0.2, 0.25) is 21.8 Å². The van der Waals surface area contributed by atoms with E-state index in [0.29, 0.717) is 21.3 Å². The maximum atomic E-state index is 14.3. The first-order chi connectivity index (χ1) is 20.0. The molecular weight excluding hydrogens is 593 g/mol. The molecule has 4 rings (SSSR count). The third kappa shape index (κ3) is 8.72. The van der Waals surface area contributed by atoms with Gasteiger partial charge < -0.3 is 10.2 Å². The maximum absolute atomic E-state index is 14.3. The fourth-order valence-electron chi connectivity index (χ4n) is 5.33. The highest BCUT2D eigenvalue weighted by atomic mass is 35.5. The highest BCUT2D eigenvalue weighted by Crippen LogP contribution is 2.27. The van der Waals surface area contributed by atoms with Crippen LogP contribution in [-0.4, -0.2) is 50.0 Å². The van der Waals surface area contributed by atoms with E-state index in [2.05, 4.69) is 5.32 Å². The number of rotatable bonds is 11. The lowest BCUT2D eigenvalue weighted by Gasteiger charge is -2.35. The molecule has 0 heterocycles. The predicted octanol–water partition coefficient (Wildman–Crippen LogP) is 6.16. The molecule has 1 aliphatic rings. The summed E-state index contributed by atoms with van der Waals surface area (Å²) in [6, 6.07) is 20.7. The number of carbonyl (C=O) groups excluding carboxylic acids is 2. The standard InChI is InChI=1S/C32H37Cl2N3O4S/c1-23-13-16-27(34)20-29(23)37(42(2,40)41)22-31(38)36(21-25-14-17-26(33)18-15-25)30(19-24-9-5-3-6-10-24)32(39)35-28-11-7-4-8-12-28/h3,5-6,9-10,13-18,20,28,30H,4,7-8,11-12,19,21-22H2,1-2H3,(H,35,39)/t30-/m1/s1. The molecule has 0 bridgehead atoms. The lowest BCUT2D eigenvalue weighted by atomic mass is 9.94. The quantitative estimate of drug-likeness (QED) is 0.275. The molecule has 0 aromatic heterocycles. The molecular formula is C32H37Cl2N3O4S. The molecule has 3 aromatic rings. The van der Waals surface area contributed by atoms with Crippen LogP contribution in [0.15, 0.2) is 72.8 Å². The average molecular weight is 631 g/mol. The number of sulfonamides is 1. The van der Waals surface area contributed by atoms with Gasteiger partial charge in [0.05, 0.1) is 11.9 Å². The van der Waals surface area contributed by atoms with Crippen molar-refractivity contribution in [2.45, 2.75) is 64.1 Å². The van der Waals surface area contributed by atoms with Gasteiger partial charge in [-0.15, -0.1) is 0 Å². The van der Waals surface area contributed by atoms with Gasteiger partial charge in [-0.25, -0.2) is 8.42 Å². The molecule has 0 aliphatic heterocycles. The predicted molar refractivity (Wildman–Crippen MR) is 169 cm³/mol. The summed E-state index contributed by atoms with van der Waals surface area (Å²) >= 11 is 12.3. The molecule has 7 nitrogen and oxygen atoms in total. The van der Waals surface area contributed by atoms with Crippen molar-refractivity contribution in [2.24, 2.45) is 0 Å². The van der Waals surface area contributed by atoms with Crippen molar-refractivity contribution in [2.75, 3.05) is 17.1 Å². The summed E-state index contributed by atoms with van der Waals surface area (Å²) in [6.45, 7) is 1.36. The Morgan fingerprint density at radius 3 is 2.19 bits per heavy atom. The molecule has 42 heavy (non-hydrogen) atoms. The van der Waals surface area contributed by atoms with Gasteiger partial charge >= 0.3 is 0 Å². The number of benzene rings is 3. The molecule has 0 saturated heterocycles. The van der Waals surface area contributed by atoms with E-state index in [-0.39, 0.29) is 24.9 Å². The van der Waals surface area contributed by atoms with Gasteiger partial charge in [0, 0.05) is 29.1 Å². The van der Waals surface area contributed by atoms with Crippen molar-refractivity contribution >= 4 is 50.7 Å². The number of hydrogen-bond acceptors (Lipinski definition) is 4. The largest absolute Gasteiger partial charge is 0.352 e. The fourth-order valence-corrected chi connectivity index (χ4v) is 6.52. The van der Waals surface area contributed by atoms with Crippen molar-refractivity contribution in [3.05, 3.63) is 99.5 Å². The van der Waals surface area contributed by atoms with Gasteiger partial charge in [-0.1, -0.05) is 91.0 Å². The van der Waals surface area contributed by atoms with Crippen LogP contribution in [0.2, 0.25) is 10.0 Å². The summed E-state index contributed by atoms with van der Waals surface area (Å²) < 4.78 is 27.1. The van der Waals surface area contributed by atoms with E-state index in [9.17, 15) is 18.0 Å². The zero-order valence-corrected chi connectivity index (χ0v) is 26.3. The molecule has 224 valence electrons. The Labute approximate surface area is 258 Å². The zero-order valence-electron chi connectivity index (χ0n) is 23.9. The van der Waals surface area contributed by atoms with Crippen LogP contribution in [0.1, 0.15) is 48.8 Å². The summed E-state index contributed by atoms with van der Waals surface area (Å²) in [5, 5.41) is 4.10. The van der Waals surface area contributed by atoms with Crippen LogP contribution in [0.25, 0.3) is 0 Å².